The average molecular weight is 262 g/mol. The minimum atomic E-state index is -0.341. The van der Waals surface area contributed by atoms with E-state index in [0.717, 1.165) is 23.1 Å². The molecule has 2 rings (SSSR count). The fraction of sp³-hybridized carbons (Fsp3) is 0.375. The van der Waals surface area contributed by atoms with Crippen LogP contribution in [0.1, 0.15) is 25.8 Å². The third-order valence-electron chi connectivity index (χ3n) is 3.85. The molecule has 1 aromatic carbocycles. The van der Waals surface area contributed by atoms with Crippen LogP contribution in [0.25, 0.3) is 5.57 Å². The molecule has 1 atom stereocenters. The van der Waals surface area contributed by atoms with Gasteiger partial charge >= 0.3 is 0 Å². The lowest BCUT2D eigenvalue weighted by molar-refractivity contribution is 0.0402. The molecule has 2 nitrogen and oxygen atoms in total. The molecule has 0 saturated heterocycles. The van der Waals surface area contributed by atoms with Crippen molar-refractivity contribution in [2.24, 2.45) is 0 Å². The Bertz CT molecular complexity index is 546. The van der Waals surface area contributed by atoms with Crippen LogP contribution in [0, 0.1) is 5.82 Å². The maximum absolute atomic E-state index is 13.7. The normalized spacial score (nSPS) is 22.8. The van der Waals surface area contributed by atoms with Crippen LogP contribution in [-0.2, 0) is 4.74 Å². The Morgan fingerprint density at radius 2 is 2.00 bits per heavy atom. The van der Waals surface area contributed by atoms with E-state index in [2.05, 4.69) is 13.0 Å². The number of rotatable bonds is 3. The fourth-order valence-electron chi connectivity index (χ4n) is 2.29. The molecule has 1 aliphatic rings. The SMILES string of the molecule is COc1c(F)cccc1C1=CCC(C)(OC)C(C)=C1. The van der Waals surface area contributed by atoms with Crippen LogP contribution in [0.3, 0.4) is 0 Å². The zero-order chi connectivity index (χ0) is 14.0. The van der Waals surface area contributed by atoms with Gasteiger partial charge in [0, 0.05) is 12.7 Å². The first-order chi connectivity index (χ1) is 9.01. The third kappa shape index (κ3) is 2.43. The van der Waals surface area contributed by atoms with E-state index < -0.39 is 0 Å². The fourth-order valence-corrected chi connectivity index (χ4v) is 2.29. The lowest BCUT2D eigenvalue weighted by atomic mass is 9.84. The Kier molecular flexibility index (Phi) is 3.76. The van der Waals surface area contributed by atoms with Crippen molar-refractivity contribution in [1.29, 1.82) is 0 Å². The van der Waals surface area contributed by atoms with E-state index >= 15 is 0 Å². The zero-order valence-corrected chi connectivity index (χ0v) is 11.8. The standard InChI is InChI=1S/C16H19FO2/c1-11-10-12(8-9-16(11,2)19-4)13-6-5-7-14(17)15(13)18-3/h5-8,10H,9H2,1-4H3. The highest BCUT2D eigenvalue weighted by Gasteiger charge is 2.28. The first kappa shape index (κ1) is 13.8. The van der Waals surface area contributed by atoms with E-state index in [-0.39, 0.29) is 11.4 Å². The number of para-hydroxylation sites is 1. The van der Waals surface area contributed by atoms with Crippen molar-refractivity contribution in [3.05, 3.63) is 47.3 Å². The monoisotopic (exact) mass is 262 g/mol. The second kappa shape index (κ2) is 5.17. The molecule has 0 aliphatic heterocycles. The van der Waals surface area contributed by atoms with Crippen molar-refractivity contribution in [3.8, 4) is 5.75 Å². The Hall–Kier alpha value is -1.61. The quantitative estimate of drug-likeness (QED) is 0.820. The maximum Gasteiger partial charge on any atom is 0.165 e. The van der Waals surface area contributed by atoms with Crippen molar-refractivity contribution in [2.75, 3.05) is 14.2 Å². The van der Waals surface area contributed by atoms with Gasteiger partial charge in [0.05, 0.1) is 12.7 Å². The number of benzene rings is 1. The minimum Gasteiger partial charge on any atom is -0.493 e. The van der Waals surface area contributed by atoms with E-state index in [1.807, 2.05) is 19.1 Å². The number of ether oxygens (including phenoxy) is 2. The van der Waals surface area contributed by atoms with Crippen molar-refractivity contribution in [3.63, 3.8) is 0 Å². The first-order valence-electron chi connectivity index (χ1n) is 6.29. The van der Waals surface area contributed by atoms with Gasteiger partial charge in [0.2, 0.25) is 0 Å². The summed E-state index contributed by atoms with van der Waals surface area (Å²) < 4.78 is 24.4. The summed E-state index contributed by atoms with van der Waals surface area (Å²) in [6, 6.07) is 4.97. The van der Waals surface area contributed by atoms with Crippen LogP contribution in [0.4, 0.5) is 4.39 Å². The second-order valence-corrected chi connectivity index (χ2v) is 4.95. The molecule has 1 aromatic rings. The highest BCUT2D eigenvalue weighted by Crippen LogP contribution is 2.37. The lowest BCUT2D eigenvalue weighted by Gasteiger charge is -2.32. The third-order valence-corrected chi connectivity index (χ3v) is 3.85. The molecule has 102 valence electrons. The van der Waals surface area contributed by atoms with Gasteiger partial charge in [0.1, 0.15) is 0 Å². The van der Waals surface area contributed by atoms with Gasteiger partial charge in [0.25, 0.3) is 0 Å². The number of methoxy groups -OCH3 is 2. The molecule has 3 heteroatoms. The van der Waals surface area contributed by atoms with Crippen LogP contribution < -0.4 is 4.74 Å². The van der Waals surface area contributed by atoms with Gasteiger partial charge in [0.15, 0.2) is 11.6 Å². The molecule has 0 saturated carbocycles. The second-order valence-electron chi connectivity index (χ2n) is 4.95. The van der Waals surface area contributed by atoms with Crippen molar-refractivity contribution in [1.82, 2.24) is 0 Å². The van der Waals surface area contributed by atoms with E-state index in [4.69, 9.17) is 9.47 Å². The molecule has 1 unspecified atom stereocenters. The van der Waals surface area contributed by atoms with Gasteiger partial charge in [-0.25, -0.2) is 4.39 Å². The van der Waals surface area contributed by atoms with Gasteiger partial charge in [-0.05, 0) is 37.5 Å². The Morgan fingerprint density at radius 1 is 1.26 bits per heavy atom. The summed E-state index contributed by atoms with van der Waals surface area (Å²) in [7, 11) is 3.19. The molecular weight excluding hydrogens is 243 g/mol. The maximum atomic E-state index is 13.7. The summed E-state index contributed by atoms with van der Waals surface area (Å²) in [4.78, 5) is 0. The molecule has 0 heterocycles. The van der Waals surface area contributed by atoms with Crippen LogP contribution in [0.5, 0.6) is 5.75 Å². The van der Waals surface area contributed by atoms with Crippen LogP contribution in [0.15, 0.2) is 35.9 Å². The number of allylic oxidation sites excluding steroid dienone is 2. The summed E-state index contributed by atoms with van der Waals surface area (Å²) in [5.41, 5.74) is 2.60. The van der Waals surface area contributed by atoms with Crippen molar-refractivity contribution < 1.29 is 13.9 Å². The first-order valence-corrected chi connectivity index (χ1v) is 6.29. The number of halogens is 1. The highest BCUT2D eigenvalue weighted by atomic mass is 19.1. The van der Waals surface area contributed by atoms with Crippen LogP contribution in [0.2, 0.25) is 0 Å². The Labute approximate surface area is 113 Å². The van der Waals surface area contributed by atoms with Gasteiger partial charge in [-0.1, -0.05) is 24.3 Å². The zero-order valence-electron chi connectivity index (χ0n) is 11.8. The Morgan fingerprint density at radius 3 is 2.58 bits per heavy atom. The molecule has 0 aromatic heterocycles. The largest absolute Gasteiger partial charge is 0.493 e. The molecule has 0 amide bonds. The summed E-state index contributed by atoms with van der Waals surface area (Å²) >= 11 is 0. The van der Waals surface area contributed by atoms with E-state index in [1.54, 1.807) is 13.2 Å². The van der Waals surface area contributed by atoms with Crippen LogP contribution in [-0.4, -0.2) is 19.8 Å². The molecule has 0 N–H and O–H groups in total. The number of hydrogen-bond donors (Lipinski definition) is 0. The summed E-state index contributed by atoms with van der Waals surface area (Å²) in [5, 5.41) is 0. The average Bonchev–Trinajstić information content (AvgIpc) is 2.41. The lowest BCUT2D eigenvalue weighted by Crippen LogP contribution is -2.29. The minimum absolute atomic E-state index is 0.274. The summed E-state index contributed by atoms with van der Waals surface area (Å²) in [6.45, 7) is 4.08. The molecule has 0 fully saturated rings. The van der Waals surface area contributed by atoms with E-state index in [9.17, 15) is 4.39 Å². The molecule has 0 spiro atoms. The number of hydrogen-bond acceptors (Lipinski definition) is 2. The van der Waals surface area contributed by atoms with Crippen molar-refractivity contribution >= 4 is 5.57 Å². The van der Waals surface area contributed by atoms with Gasteiger partial charge in [-0.3, -0.25) is 0 Å². The topological polar surface area (TPSA) is 18.5 Å². The van der Waals surface area contributed by atoms with Gasteiger partial charge < -0.3 is 9.47 Å². The van der Waals surface area contributed by atoms with Crippen molar-refractivity contribution in [2.45, 2.75) is 25.9 Å². The summed E-state index contributed by atoms with van der Waals surface area (Å²) in [6.07, 6.45) is 4.86. The van der Waals surface area contributed by atoms with E-state index in [0.29, 0.717) is 5.75 Å². The highest BCUT2D eigenvalue weighted by molar-refractivity contribution is 5.80. The molecule has 19 heavy (non-hydrogen) atoms. The molecular formula is C16H19FO2. The molecule has 0 bridgehead atoms. The van der Waals surface area contributed by atoms with E-state index in [1.165, 1.54) is 13.2 Å². The predicted octanol–water partition coefficient (Wildman–Crippen LogP) is 3.97. The van der Waals surface area contributed by atoms with Gasteiger partial charge in [-0.15, -0.1) is 0 Å². The summed E-state index contributed by atoms with van der Waals surface area (Å²) in [5.74, 6) is -0.0501. The molecule has 0 radical (unpaired) electrons. The van der Waals surface area contributed by atoms with Crippen LogP contribution >= 0.6 is 0 Å². The smallest absolute Gasteiger partial charge is 0.165 e. The Balaban J connectivity index is 2.44. The predicted molar refractivity (Wildman–Crippen MR) is 74.7 cm³/mol. The van der Waals surface area contributed by atoms with Gasteiger partial charge in [-0.2, -0.15) is 0 Å². The molecule has 1 aliphatic carbocycles.